The van der Waals surface area contributed by atoms with Gasteiger partial charge in [-0.3, -0.25) is 0 Å². The van der Waals surface area contributed by atoms with Crippen LogP contribution in [0.2, 0.25) is 0 Å². The van der Waals surface area contributed by atoms with E-state index in [0.29, 0.717) is 29.4 Å². The second kappa shape index (κ2) is 15.5. The average Bonchev–Trinajstić information content (AvgIpc) is 3.10. The van der Waals surface area contributed by atoms with Gasteiger partial charge in [0.1, 0.15) is 23.0 Å². The van der Waals surface area contributed by atoms with Crippen LogP contribution in [0.4, 0.5) is 0 Å². The van der Waals surface area contributed by atoms with E-state index in [1.54, 1.807) is 0 Å². The van der Waals surface area contributed by atoms with Crippen LogP contribution in [-0.2, 0) is 56.8 Å². The van der Waals surface area contributed by atoms with Gasteiger partial charge in [0.05, 0.1) is 0 Å². The maximum absolute atomic E-state index is 11.2. The molecule has 0 aliphatic heterocycles. The van der Waals surface area contributed by atoms with Crippen molar-refractivity contribution in [2.24, 2.45) is 0 Å². The van der Waals surface area contributed by atoms with Crippen LogP contribution >= 0.6 is 0 Å². The Bertz CT molecular complexity index is 1520. The lowest BCUT2D eigenvalue weighted by Gasteiger charge is -2.37. The molecule has 4 aromatic carbocycles. The molecule has 4 rings (SSSR count). The lowest BCUT2D eigenvalue weighted by atomic mass is 9.66. The van der Waals surface area contributed by atoms with Crippen molar-refractivity contribution in [1.82, 2.24) is 0 Å². The van der Waals surface area contributed by atoms with E-state index in [1.165, 1.54) is 0 Å². The topological polar surface area (TPSA) is 80.9 Å². The zero-order valence-electron chi connectivity index (χ0n) is 30.8. The number of aromatic hydroxyl groups is 4. The summed E-state index contributed by atoms with van der Waals surface area (Å²) >= 11 is 0. The lowest BCUT2D eigenvalue weighted by Crippen LogP contribution is -2.28. The Balaban J connectivity index is 2.14. The van der Waals surface area contributed by atoms with Crippen molar-refractivity contribution < 1.29 is 20.4 Å². The molecule has 4 aromatic rings. The summed E-state index contributed by atoms with van der Waals surface area (Å²) in [4.78, 5) is 0. The maximum atomic E-state index is 11.2. The summed E-state index contributed by atoms with van der Waals surface area (Å²) < 4.78 is 0. The molecule has 0 radical (unpaired) electrons. The number of phenolic OH excluding ortho intramolecular Hbond substituents is 4. The van der Waals surface area contributed by atoms with Crippen molar-refractivity contribution in [2.75, 3.05) is 0 Å². The fourth-order valence-electron chi connectivity index (χ4n) is 7.53. The highest BCUT2D eigenvalue weighted by Crippen LogP contribution is 2.48. The number of hydrogen-bond donors (Lipinski definition) is 4. The fraction of sp³-hybridized carbons (Fsp3) is 0.455. The highest BCUT2D eigenvalue weighted by atomic mass is 16.3. The Hall–Kier alpha value is -3.92. The van der Waals surface area contributed by atoms with Crippen LogP contribution in [0.5, 0.6) is 23.0 Å². The van der Waals surface area contributed by atoms with E-state index in [4.69, 9.17) is 0 Å². The molecule has 48 heavy (non-hydrogen) atoms. The number of hydrogen-bond acceptors (Lipinski definition) is 4. The van der Waals surface area contributed by atoms with Gasteiger partial charge >= 0.3 is 0 Å². The maximum Gasteiger partial charge on any atom is 0.121 e. The first-order valence-electron chi connectivity index (χ1n) is 18.3. The minimum absolute atomic E-state index is 0.0738. The number of rotatable bonds is 14. The van der Waals surface area contributed by atoms with Crippen LogP contribution in [0.25, 0.3) is 0 Å². The highest BCUT2D eigenvalue weighted by Gasteiger charge is 2.36. The predicted molar refractivity (Wildman–Crippen MR) is 200 cm³/mol. The van der Waals surface area contributed by atoms with Crippen LogP contribution in [0.3, 0.4) is 0 Å². The summed E-state index contributed by atoms with van der Waals surface area (Å²) in [6, 6.07) is 17.5. The Morgan fingerprint density at radius 1 is 0.396 bits per heavy atom. The SMILES string of the molecule is CCc1cc(C(CC(C)(c2cc(CC)c(O)c(CC)c2)c2cc(CC)c(O)c(CC)c2)c2cc(CC)c(O)c(CC)c2)cc(CC)c1O. The summed E-state index contributed by atoms with van der Waals surface area (Å²) in [5, 5.41) is 44.7. The van der Waals surface area contributed by atoms with E-state index >= 15 is 0 Å². The van der Waals surface area contributed by atoms with Gasteiger partial charge in [-0.05, 0) is 125 Å². The van der Waals surface area contributed by atoms with Crippen LogP contribution < -0.4 is 0 Å². The number of benzene rings is 4. The quantitative estimate of drug-likeness (QED) is 0.109. The molecule has 0 saturated heterocycles. The Morgan fingerprint density at radius 3 is 0.812 bits per heavy atom. The summed E-state index contributed by atoms with van der Waals surface area (Å²) in [6.45, 7) is 19.0. The average molecular weight is 651 g/mol. The van der Waals surface area contributed by atoms with E-state index in [-0.39, 0.29) is 5.92 Å². The molecule has 0 saturated carbocycles. The molecular weight excluding hydrogens is 592 g/mol. The van der Waals surface area contributed by atoms with Gasteiger partial charge in [0.2, 0.25) is 0 Å². The third-order valence-corrected chi connectivity index (χ3v) is 10.9. The molecule has 4 N–H and O–H groups in total. The first kappa shape index (κ1) is 36.9. The van der Waals surface area contributed by atoms with Gasteiger partial charge in [-0.15, -0.1) is 0 Å². The number of aryl methyl sites for hydroxylation is 8. The molecule has 4 nitrogen and oxygen atoms in total. The van der Waals surface area contributed by atoms with Crippen molar-refractivity contribution in [3.05, 3.63) is 115 Å². The third kappa shape index (κ3) is 6.95. The smallest absolute Gasteiger partial charge is 0.121 e. The summed E-state index contributed by atoms with van der Waals surface area (Å²) in [5.41, 5.74) is 11.6. The summed E-state index contributed by atoms with van der Waals surface area (Å²) in [7, 11) is 0. The Kier molecular flexibility index (Phi) is 11.9. The van der Waals surface area contributed by atoms with Gasteiger partial charge in [0.15, 0.2) is 0 Å². The molecule has 0 atom stereocenters. The first-order chi connectivity index (χ1) is 22.9. The minimum Gasteiger partial charge on any atom is -0.507 e. The molecule has 0 bridgehead atoms. The molecular formula is C44H58O4. The van der Waals surface area contributed by atoms with Crippen LogP contribution in [0.15, 0.2) is 48.5 Å². The van der Waals surface area contributed by atoms with Gasteiger partial charge in [-0.25, -0.2) is 0 Å². The van der Waals surface area contributed by atoms with Gasteiger partial charge in [-0.1, -0.05) is 111 Å². The van der Waals surface area contributed by atoms with Crippen molar-refractivity contribution in [3.63, 3.8) is 0 Å². The summed E-state index contributed by atoms with van der Waals surface area (Å²) in [6.07, 6.45) is 6.48. The molecule has 0 aromatic heterocycles. The molecule has 0 fully saturated rings. The van der Waals surface area contributed by atoms with Gasteiger partial charge in [-0.2, -0.15) is 0 Å². The number of phenols is 4. The lowest BCUT2D eigenvalue weighted by molar-refractivity contribution is 0.450. The molecule has 0 amide bonds. The zero-order valence-corrected chi connectivity index (χ0v) is 30.8. The molecule has 0 aliphatic carbocycles. The zero-order chi connectivity index (χ0) is 35.3. The fourth-order valence-corrected chi connectivity index (χ4v) is 7.53. The third-order valence-electron chi connectivity index (χ3n) is 10.9. The van der Waals surface area contributed by atoms with Gasteiger partial charge < -0.3 is 20.4 Å². The second-order valence-electron chi connectivity index (χ2n) is 13.6. The summed E-state index contributed by atoms with van der Waals surface area (Å²) in [5.74, 6) is 1.47. The van der Waals surface area contributed by atoms with E-state index in [2.05, 4.69) is 111 Å². The van der Waals surface area contributed by atoms with Crippen LogP contribution in [0, 0.1) is 0 Å². The largest absolute Gasteiger partial charge is 0.507 e. The molecule has 0 unspecified atom stereocenters. The molecule has 258 valence electrons. The van der Waals surface area contributed by atoms with Crippen molar-refractivity contribution in [2.45, 2.75) is 131 Å². The van der Waals surface area contributed by atoms with Crippen molar-refractivity contribution >= 4 is 0 Å². The van der Waals surface area contributed by atoms with Gasteiger partial charge in [0.25, 0.3) is 0 Å². The van der Waals surface area contributed by atoms with E-state index < -0.39 is 5.41 Å². The molecule has 0 spiro atoms. The van der Waals surface area contributed by atoms with Gasteiger partial charge in [0, 0.05) is 11.3 Å². The van der Waals surface area contributed by atoms with Crippen LogP contribution in [-0.4, -0.2) is 20.4 Å². The van der Waals surface area contributed by atoms with E-state index in [1.807, 2.05) is 0 Å². The van der Waals surface area contributed by atoms with Crippen molar-refractivity contribution in [3.8, 4) is 23.0 Å². The monoisotopic (exact) mass is 650 g/mol. The molecule has 0 aliphatic rings. The van der Waals surface area contributed by atoms with E-state index in [0.717, 1.165) is 118 Å². The predicted octanol–water partition coefficient (Wildman–Crippen LogP) is 10.5. The minimum atomic E-state index is -0.527. The van der Waals surface area contributed by atoms with E-state index in [9.17, 15) is 20.4 Å². The van der Waals surface area contributed by atoms with Crippen molar-refractivity contribution in [1.29, 1.82) is 0 Å². The Morgan fingerprint density at radius 2 is 0.604 bits per heavy atom. The highest BCUT2D eigenvalue weighted by molar-refractivity contribution is 5.56. The standard InChI is InChI=1S/C44H58O4/c1-10-27-18-35(19-28(11-2)40(27)45)39(36-20-29(12-3)41(46)30(13-4)21-36)26-44(9,37-22-31(14-5)42(47)32(15-6)23-37)38-24-33(16-7)43(48)34(17-8)25-38/h18-25,39,45-48H,10-17,26H2,1-9H3. The molecule has 0 heterocycles. The van der Waals surface area contributed by atoms with Crippen LogP contribution in [0.1, 0.15) is 141 Å². The molecule has 4 heteroatoms. The normalized spacial score (nSPS) is 11.9. The first-order valence-corrected chi connectivity index (χ1v) is 18.3. The Labute approximate surface area is 289 Å². The second-order valence-corrected chi connectivity index (χ2v) is 13.6.